The average molecular weight is 273 g/mol. The zero-order valence-corrected chi connectivity index (χ0v) is 11.2. The van der Waals surface area contributed by atoms with Crippen LogP contribution in [0, 0.1) is 17.5 Å². The second-order valence-electron chi connectivity index (χ2n) is 4.48. The van der Waals surface area contributed by atoms with Crippen molar-refractivity contribution >= 4 is 23.3 Å². The van der Waals surface area contributed by atoms with Gasteiger partial charge in [0.15, 0.2) is 4.77 Å². The maximum atomic E-state index is 13.2. The van der Waals surface area contributed by atoms with Gasteiger partial charge in [-0.05, 0) is 54.5 Å². The third-order valence-corrected chi connectivity index (χ3v) is 3.52. The number of hydrogen-bond donors (Lipinski definition) is 1. The predicted molar refractivity (Wildman–Crippen MR) is 75.2 cm³/mol. The SMILES string of the molecule is Cc1cnccc1Cn1c(=S)[nH]c2cc(F)ccc21. The van der Waals surface area contributed by atoms with Crippen molar-refractivity contribution in [2.45, 2.75) is 13.5 Å². The fourth-order valence-electron chi connectivity index (χ4n) is 2.14. The van der Waals surface area contributed by atoms with E-state index >= 15 is 0 Å². The number of aromatic nitrogens is 3. The zero-order chi connectivity index (χ0) is 13.4. The van der Waals surface area contributed by atoms with E-state index in [9.17, 15) is 4.39 Å². The summed E-state index contributed by atoms with van der Waals surface area (Å²) >= 11 is 5.31. The highest BCUT2D eigenvalue weighted by atomic mass is 32.1. The van der Waals surface area contributed by atoms with Gasteiger partial charge in [0.05, 0.1) is 17.6 Å². The largest absolute Gasteiger partial charge is 0.330 e. The van der Waals surface area contributed by atoms with Gasteiger partial charge in [0.1, 0.15) is 5.82 Å². The Morgan fingerprint density at radius 1 is 1.37 bits per heavy atom. The lowest BCUT2D eigenvalue weighted by Crippen LogP contribution is -2.01. The monoisotopic (exact) mass is 273 g/mol. The van der Waals surface area contributed by atoms with Gasteiger partial charge >= 0.3 is 0 Å². The molecule has 0 spiro atoms. The highest BCUT2D eigenvalue weighted by Gasteiger charge is 2.07. The van der Waals surface area contributed by atoms with Gasteiger partial charge in [0.25, 0.3) is 0 Å². The first-order valence-corrected chi connectivity index (χ1v) is 6.33. The summed E-state index contributed by atoms with van der Waals surface area (Å²) in [6.45, 7) is 2.67. The molecule has 5 heteroatoms. The van der Waals surface area contributed by atoms with Crippen molar-refractivity contribution in [1.82, 2.24) is 14.5 Å². The molecule has 1 aromatic carbocycles. The Bertz CT molecular complexity index is 804. The normalized spacial score (nSPS) is 11.1. The summed E-state index contributed by atoms with van der Waals surface area (Å²) in [7, 11) is 0. The predicted octanol–water partition coefficient (Wildman–Crippen LogP) is 3.59. The molecule has 3 rings (SSSR count). The topological polar surface area (TPSA) is 33.6 Å². The molecule has 3 nitrogen and oxygen atoms in total. The van der Waals surface area contributed by atoms with Gasteiger partial charge in [0.2, 0.25) is 0 Å². The van der Waals surface area contributed by atoms with Crippen LogP contribution in [0.3, 0.4) is 0 Å². The number of aryl methyl sites for hydroxylation is 1. The molecule has 0 radical (unpaired) electrons. The van der Waals surface area contributed by atoms with Crippen molar-refractivity contribution in [2.24, 2.45) is 0 Å². The van der Waals surface area contributed by atoms with Crippen molar-refractivity contribution in [3.05, 3.63) is 58.4 Å². The van der Waals surface area contributed by atoms with Crippen LogP contribution in [0.5, 0.6) is 0 Å². The molecule has 0 atom stereocenters. The fourth-order valence-corrected chi connectivity index (χ4v) is 2.42. The van der Waals surface area contributed by atoms with Crippen LogP contribution >= 0.6 is 12.2 Å². The first-order chi connectivity index (χ1) is 9.15. The molecule has 19 heavy (non-hydrogen) atoms. The van der Waals surface area contributed by atoms with E-state index in [1.807, 2.05) is 23.8 Å². The number of aromatic amines is 1. The minimum atomic E-state index is -0.268. The summed E-state index contributed by atoms with van der Waals surface area (Å²) in [5, 5.41) is 0. The molecule has 1 N–H and O–H groups in total. The first kappa shape index (κ1) is 12.0. The standard InChI is InChI=1S/C14H12FN3S/c1-9-7-16-5-4-10(9)8-18-13-3-2-11(15)6-12(13)17-14(18)19/h2-7H,8H2,1H3,(H,17,19). The molecule has 0 fully saturated rings. The minimum Gasteiger partial charge on any atom is -0.330 e. The van der Waals surface area contributed by atoms with Gasteiger partial charge < -0.3 is 9.55 Å². The number of pyridine rings is 1. The van der Waals surface area contributed by atoms with Crippen molar-refractivity contribution in [1.29, 1.82) is 0 Å². The molecule has 0 amide bonds. The van der Waals surface area contributed by atoms with Gasteiger partial charge in [-0.25, -0.2) is 4.39 Å². The lowest BCUT2D eigenvalue weighted by molar-refractivity contribution is 0.629. The molecule has 3 aromatic rings. The van der Waals surface area contributed by atoms with Crippen LogP contribution in [-0.4, -0.2) is 14.5 Å². The summed E-state index contributed by atoms with van der Waals surface area (Å²) in [6, 6.07) is 6.62. The second kappa shape index (κ2) is 4.59. The maximum Gasteiger partial charge on any atom is 0.178 e. The Labute approximate surface area is 114 Å². The summed E-state index contributed by atoms with van der Waals surface area (Å²) in [4.78, 5) is 7.11. The molecule has 2 heterocycles. The van der Waals surface area contributed by atoms with Crippen LogP contribution in [0.4, 0.5) is 4.39 Å². The van der Waals surface area contributed by atoms with Gasteiger partial charge in [-0.3, -0.25) is 4.98 Å². The molecule has 2 aromatic heterocycles. The third kappa shape index (κ3) is 2.17. The van der Waals surface area contributed by atoms with Crippen LogP contribution < -0.4 is 0 Å². The molecule has 0 aliphatic rings. The number of nitrogens with zero attached hydrogens (tertiary/aromatic N) is 2. The Balaban J connectivity index is 2.13. The van der Waals surface area contributed by atoms with Gasteiger partial charge in [-0.1, -0.05) is 0 Å². The van der Waals surface area contributed by atoms with Crippen LogP contribution in [0.2, 0.25) is 0 Å². The van der Waals surface area contributed by atoms with Crippen molar-refractivity contribution < 1.29 is 4.39 Å². The molecule has 0 aliphatic heterocycles. The number of imidazole rings is 1. The van der Waals surface area contributed by atoms with Gasteiger partial charge in [0, 0.05) is 12.4 Å². The lowest BCUT2D eigenvalue weighted by atomic mass is 10.1. The summed E-state index contributed by atoms with van der Waals surface area (Å²) in [5.74, 6) is -0.268. The minimum absolute atomic E-state index is 0.268. The van der Waals surface area contributed by atoms with E-state index in [0.717, 1.165) is 22.2 Å². The Morgan fingerprint density at radius 3 is 3.00 bits per heavy atom. The van der Waals surface area contributed by atoms with E-state index in [-0.39, 0.29) is 5.82 Å². The number of halogens is 1. The fraction of sp³-hybridized carbons (Fsp3) is 0.143. The molecule has 0 unspecified atom stereocenters. The molecule has 96 valence electrons. The van der Waals surface area contributed by atoms with Gasteiger partial charge in [-0.15, -0.1) is 0 Å². The molecule has 0 bridgehead atoms. The molecule has 0 saturated heterocycles. The van der Waals surface area contributed by atoms with E-state index in [0.29, 0.717) is 11.3 Å². The van der Waals surface area contributed by atoms with E-state index in [1.165, 1.54) is 12.1 Å². The second-order valence-corrected chi connectivity index (χ2v) is 4.87. The summed E-state index contributed by atoms with van der Waals surface area (Å²) < 4.78 is 15.8. The number of hydrogen-bond acceptors (Lipinski definition) is 2. The number of benzene rings is 1. The van der Waals surface area contributed by atoms with Crippen LogP contribution in [0.1, 0.15) is 11.1 Å². The third-order valence-electron chi connectivity index (χ3n) is 3.20. The van der Waals surface area contributed by atoms with Crippen LogP contribution in [0.25, 0.3) is 11.0 Å². The van der Waals surface area contributed by atoms with E-state index in [4.69, 9.17) is 12.2 Å². The van der Waals surface area contributed by atoms with Crippen molar-refractivity contribution in [2.75, 3.05) is 0 Å². The highest BCUT2D eigenvalue weighted by Crippen LogP contribution is 2.18. The van der Waals surface area contributed by atoms with E-state index in [1.54, 1.807) is 12.3 Å². The Morgan fingerprint density at radius 2 is 2.21 bits per heavy atom. The van der Waals surface area contributed by atoms with Crippen molar-refractivity contribution in [3.8, 4) is 0 Å². The Kier molecular flexibility index (Phi) is 2.91. The molecule has 0 saturated carbocycles. The van der Waals surface area contributed by atoms with E-state index < -0.39 is 0 Å². The van der Waals surface area contributed by atoms with Crippen molar-refractivity contribution in [3.63, 3.8) is 0 Å². The molecular formula is C14H12FN3S. The number of nitrogens with one attached hydrogen (secondary N) is 1. The molecular weight excluding hydrogens is 261 g/mol. The number of H-pyrrole nitrogens is 1. The molecule has 0 aliphatic carbocycles. The summed E-state index contributed by atoms with van der Waals surface area (Å²) in [5.41, 5.74) is 3.89. The zero-order valence-electron chi connectivity index (χ0n) is 10.4. The van der Waals surface area contributed by atoms with Crippen LogP contribution in [-0.2, 0) is 6.54 Å². The quantitative estimate of drug-likeness (QED) is 0.724. The lowest BCUT2D eigenvalue weighted by Gasteiger charge is -2.07. The number of fused-ring (bicyclic) bond motifs is 1. The summed E-state index contributed by atoms with van der Waals surface area (Å²) in [6.07, 6.45) is 3.59. The first-order valence-electron chi connectivity index (χ1n) is 5.93. The highest BCUT2D eigenvalue weighted by molar-refractivity contribution is 7.71. The number of rotatable bonds is 2. The smallest absolute Gasteiger partial charge is 0.178 e. The maximum absolute atomic E-state index is 13.2. The van der Waals surface area contributed by atoms with Gasteiger partial charge in [-0.2, -0.15) is 0 Å². The Hall–Kier alpha value is -2.01. The van der Waals surface area contributed by atoms with Crippen LogP contribution in [0.15, 0.2) is 36.7 Å². The average Bonchev–Trinajstić information content (AvgIpc) is 2.68. The van der Waals surface area contributed by atoms with E-state index in [2.05, 4.69) is 9.97 Å².